The zero-order chi connectivity index (χ0) is 13.7. The molecule has 0 atom stereocenters. The molecular weight excluding hydrogens is 266 g/mol. The molecule has 1 amide bonds. The maximum Gasteiger partial charge on any atom is 0.270 e. The molecular formula is C13H14ClN3O2. The van der Waals surface area contributed by atoms with Crippen molar-refractivity contribution >= 4 is 17.5 Å². The zero-order valence-corrected chi connectivity index (χ0v) is 11.0. The summed E-state index contributed by atoms with van der Waals surface area (Å²) >= 11 is 5.79. The summed E-state index contributed by atoms with van der Waals surface area (Å²) in [6.45, 7) is 0.550. The number of carbonyl (C=O) groups excluding carboxylic acids is 1. The molecule has 6 heteroatoms. The maximum absolute atomic E-state index is 12.3. The maximum atomic E-state index is 12.3. The third kappa shape index (κ3) is 3.56. The summed E-state index contributed by atoms with van der Waals surface area (Å²) in [6.07, 6.45) is 4.92. The Morgan fingerprint density at radius 2 is 2.37 bits per heavy atom. The first-order chi connectivity index (χ1) is 9.20. The molecule has 2 rings (SSSR count). The number of H-pyrrole nitrogens is 1. The SMILES string of the molecule is O=C(c1cc(Cl)c[nH]1)N(CCO)Cc1cccnc1. The van der Waals surface area contributed by atoms with Crippen LogP contribution in [0.15, 0.2) is 36.8 Å². The van der Waals surface area contributed by atoms with Gasteiger partial charge in [-0.1, -0.05) is 17.7 Å². The number of nitrogens with one attached hydrogen (secondary N) is 1. The Labute approximate surface area is 115 Å². The van der Waals surface area contributed by atoms with E-state index in [9.17, 15) is 4.79 Å². The van der Waals surface area contributed by atoms with Crippen LogP contribution < -0.4 is 0 Å². The van der Waals surface area contributed by atoms with Crippen LogP contribution in [0, 0.1) is 0 Å². The van der Waals surface area contributed by atoms with Gasteiger partial charge < -0.3 is 15.0 Å². The van der Waals surface area contributed by atoms with Gasteiger partial charge in [-0.3, -0.25) is 9.78 Å². The fourth-order valence-electron chi connectivity index (χ4n) is 1.75. The lowest BCUT2D eigenvalue weighted by molar-refractivity contribution is 0.0702. The molecule has 100 valence electrons. The number of aliphatic hydroxyl groups excluding tert-OH is 1. The minimum absolute atomic E-state index is 0.0968. The molecule has 2 aromatic heterocycles. The van der Waals surface area contributed by atoms with E-state index in [1.54, 1.807) is 29.6 Å². The molecule has 0 saturated carbocycles. The number of hydrogen-bond donors (Lipinski definition) is 2. The third-order valence-corrected chi connectivity index (χ3v) is 2.85. The van der Waals surface area contributed by atoms with Crippen molar-refractivity contribution in [1.82, 2.24) is 14.9 Å². The Kier molecular flexibility index (Phi) is 4.54. The summed E-state index contributed by atoms with van der Waals surface area (Å²) in [4.78, 5) is 20.6. The summed E-state index contributed by atoms with van der Waals surface area (Å²) in [5, 5.41) is 9.55. The van der Waals surface area contributed by atoms with Gasteiger partial charge in [0, 0.05) is 31.7 Å². The van der Waals surface area contributed by atoms with Crippen LogP contribution in [0.3, 0.4) is 0 Å². The quantitative estimate of drug-likeness (QED) is 0.875. The molecule has 0 aliphatic carbocycles. The highest BCUT2D eigenvalue weighted by atomic mass is 35.5. The van der Waals surface area contributed by atoms with E-state index in [4.69, 9.17) is 16.7 Å². The number of halogens is 1. The van der Waals surface area contributed by atoms with Gasteiger partial charge in [-0.15, -0.1) is 0 Å². The van der Waals surface area contributed by atoms with Crippen LogP contribution in [0.5, 0.6) is 0 Å². The molecule has 0 aliphatic rings. The van der Waals surface area contributed by atoms with Crippen LogP contribution in [0.1, 0.15) is 16.1 Å². The number of aliphatic hydroxyl groups is 1. The number of amides is 1. The van der Waals surface area contributed by atoms with Crippen LogP contribution in [0.25, 0.3) is 0 Å². The normalized spacial score (nSPS) is 10.4. The largest absolute Gasteiger partial charge is 0.395 e. The highest BCUT2D eigenvalue weighted by molar-refractivity contribution is 6.30. The first-order valence-electron chi connectivity index (χ1n) is 5.83. The van der Waals surface area contributed by atoms with Gasteiger partial charge in [0.25, 0.3) is 5.91 Å². The molecule has 2 heterocycles. The van der Waals surface area contributed by atoms with E-state index in [1.165, 1.54) is 0 Å². The van der Waals surface area contributed by atoms with Crippen molar-refractivity contribution in [2.75, 3.05) is 13.2 Å². The van der Waals surface area contributed by atoms with Crippen LogP contribution in [-0.4, -0.2) is 39.0 Å². The van der Waals surface area contributed by atoms with Gasteiger partial charge in [0.1, 0.15) is 5.69 Å². The molecule has 0 bridgehead atoms. The molecule has 0 aromatic carbocycles. The van der Waals surface area contributed by atoms with Crippen molar-refractivity contribution in [1.29, 1.82) is 0 Å². The number of pyridine rings is 1. The summed E-state index contributed by atoms with van der Waals surface area (Å²) < 4.78 is 0. The van der Waals surface area contributed by atoms with Crippen molar-refractivity contribution in [2.45, 2.75) is 6.54 Å². The summed E-state index contributed by atoms with van der Waals surface area (Å²) in [7, 11) is 0. The van der Waals surface area contributed by atoms with Crippen molar-refractivity contribution in [3.63, 3.8) is 0 Å². The van der Waals surface area contributed by atoms with Gasteiger partial charge in [-0.25, -0.2) is 0 Å². The lowest BCUT2D eigenvalue weighted by Crippen LogP contribution is -2.33. The molecule has 19 heavy (non-hydrogen) atoms. The summed E-state index contributed by atoms with van der Waals surface area (Å²) in [6, 6.07) is 5.26. The number of aromatic amines is 1. The third-order valence-electron chi connectivity index (χ3n) is 2.63. The first-order valence-corrected chi connectivity index (χ1v) is 6.21. The van der Waals surface area contributed by atoms with Crippen molar-refractivity contribution in [2.24, 2.45) is 0 Å². The Hall–Kier alpha value is -1.85. The van der Waals surface area contributed by atoms with Crippen LogP contribution in [0.2, 0.25) is 5.02 Å². The standard InChI is InChI=1S/C13H14ClN3O2/c14-11-6-12(16-8-11)13(19)17(4-5-18)9-10-2-1-3-15-7-10/h1-3,6-8,16,18H,4-5,9H2. The van der Waals surface area contributed by atoms with Crippen LogP contribution in [-0.2, 0) is 6.54 Å². The molecule has 0 radical (unpaired) electrons. The minimum Gasteiger partial charge on any atom is -0.395 e. The van der Waals surface area contributed by atoms with E-state index in [1.807, 2.05) is 12.1 Å². The molecule has 0 fully saturated rings. The number of nitrogens with zero attached hydrogens (tertiary/aromatic N) is 2. The van der Waals surface area contributed by atoms with Crippen molar-refractivity contribution < 1.29 is 9.90 Å². The lowest BCUT2D eigenvalue weighted by atomic mass is 10.2. The molecule has 0 saturated heterocycles. The lowest BCUT2D eigenvalue weighted by Gasteiger charge is -2.21. The molecule has 5 nitrogen and oxygen atoms in total. The van der Waals surface area contributed by atoms with E-state index in [0.29, 0.717) is 17.3 Å². The first kappa shape index (κ1) is 13.6. The van der Waals surface area contributed by atoms with E-state index < -0.39 is 0 Å². The average molecular weight is 280 g/mol. The van der Waals surface area contributed by atoms with Crippen molar-refractivity contribution in [3.8, 4) is 0 Å². The summed E-state index contributed by atoms with van der Waals surface area (Å²) in [5.41, 5.74) is 1.31. The predicted octanol–water partition coefficient (Wildman–Crippen LogP) is 1.70. The Morgan fingerprint density at radius 3 is 2.95 bits per heavy atom. The second kappa shape index (κ2) is 6.36. The van der Waals surface area contributed by atoms with Crippen LogP contribution >= 0.6 is 11.6 Å². The van der Waals surface area contributed by atoms with Gasteiger partial charge in [-0.05, 0) is 17.7 Å². The minimum atomic E-state index is -0.204. The number of hydrogen-bond acceptors (Lipinski definition) is 3. The predicted molar refractivity (Wildman–Crippen MR) is 71.9 cm³/mol. The number of aromatic nitrogens is 2. The van der Waals surface area contributed by atoms with Gasteiger partial charge in [-0.2, -0.15) is 0 Å². The van der Waals surface area contributed by atoms with Gasteiger partial charge in [0.15, 0.2) is 0 Å². The highest BCUT2D eigenvalue weighted by Crippen LogP contribution is 2.13. The molecule has 2 aromatic rings. The van der Waals surface area contributed by atoms with Crippen molar-refractivity contribution in [3.05, 3.63) is 53.1 Å². The Morgan fingerprint density at radius 1 is 1.53 bits per heavy atom. The molecule has 0 unspecified atom stereocenters. The Bertz CT molecular complexity index is 542. The average Bonchev–Trinajstić information content (AvgIpc) is 2.85. The van der Waals surface area contributed by atoms with E-state index >= 15 is 0 Å². The number of rotatable bonds is 5. The molecule has 2 N–H and O–H groups in total. The fraction of sp³-hybridized carbons (Fsp3) is 0.231. The highest BCUT2D eigenvalue weighted by Gasteiger charge is 2.17. The topological polar surface area (TPSA) is 69.2 Å². The fourth-order valence-corrected chi connectivity index (χ4v) is 1.91. The Balaban J connectivity index is 2.13. The van der Waals surface area contributed by atoms with Crippen LogP contribution in [0.4, 0.5) is 0 Å². The van der Waals surface area contributed by atoms with E-state index in [2.05, 4.69) is 9.97 Å². The molecule has 0 aliphatic heterocycles. The molecule has 0 spiro atoms. The smallest absolute Gasteiger partial charge is 0.270 e. The zero-order valence-electron chi connectivity index (χ0n) is 10.2. The number of carbonyl (C=O) groups is 1. The van der Waals surface area contributed by atoms with E-state index in [0.717, 1.165) is 5.56 Å². The summed E-state index contributed by atoms with van der Waals surface area (Å²) in [5.74, 6) is -0.204. The monoisotopic (exact) mass is 279 g/mol. The van der Waals surface area contributed by atoms with Gasteiger partial charge in [0.2, 0.25) is 0 Å². The van der Waals surface area contributed by atoms with E-state index in [-0.39, 0.29) is 19.1 Å². The second-order valence-electron chi connectivity index (χ2n) is 4.04. The van der Waals surface area contributed by atoms with Gasteiger partial charge >= 0.3 is 0 Å². The second-order valence-corrected chi connectivity index (χ2v) is 4.48. The van der Waals surface area contributed by atoms with Gasteiger partial charge in [0.05, 0.1) is 11.6 Å².